The first kappa shape index (κ1) is 13.8. The van der Waals surface area contributed by atoms with E-state index in [-0.39, 0.29) is 0 Å². The Morgan fingerprint density at radius 1 is 1.18 bits per heavy atom. The number of aromatic amines is 2. The molecule has 6 nitrogen and oxygen atoms in total. The maximum atomic E-state index is 11.7. The molecule has 2 aromatic heterocycles. The molecule has 4 N–H and O–H groups in total. The van der Waals surface area contributed by atoms with Crippen LogP contribution in [0.2, 0.25) is 0 Å². The zero-order valence-electron chi connectivity index (χ0n) is 12.0. The van der Waals surface area contributed by atoms with Gasteiger partial charge in [-0.05, 0) is 17.7 Å². The van der Waals surface area contributed by atoms with Crippen molar-refractivity contribution < 1.29 is 4.79 Å². The topological polar surface area (TPSA) is 99.9 Å². The molecule has 0 aliphatic rings. The van der Waals surface area contributed by atoms with Gasteiger partial charge in [-0.3, -0.25) is 14.9 Å². The van der Waals surface area contributed by atoms with Gasteiger partial charge in [0.25, 0.3) is 5.91 Å². The van der Waals surface area contributed by atoms with Crippen LogP contribution in [0.3, 0.4) is 0 Å². The maximum absolute atomic E-state index is 11.7. The highest BCUT2D eigenvalue weighted by atomic mass is 16.1. The van der Waals surface area contributed by atoms with Gasteiger partial charge in [-0.15, -0.1) is 0 Å². The number of aromatic nitrogens is 3. The van der Waals surface area contributed by atoms with Crippen molar-refractivity contribution in [2.45, 2.75) is 0 Å². The van der Waals surface area contributed by atoms with Crippen LogP contribution in [0.25, 0.3) is 22.6 Å². The lowest BCUT2D eigenvalue weighted by Gasteiger charge is -1.99. The van der Waals surface area contributed by atoms with Crippen molar-refractivity contribution >= 4 is 12.1 Å². The van der Waals surface area contributed by atoms with Gasteiger partial charge in [-0.1, -0.05) is 30.3 Å². The summed E-state index contributed by atoms with van der Waals surface area (Å²) in [4.78, 5) is 18.9. The van der Waals surface area contributed by atoms with E-state index >= 15 is 0 Å². The second kappa shape index (κ2) is 5.69. The van der Waals surface area contributed by atoms with Gasteiger partial charge in [0, 0.05) is 19.0 Å². The molecule has 1 aromatic carbocycles. The largest absolute Gasteiger partial charge is 0.365 e. The Morgan fingerprint density at radius 2 is 1.91 bits per heavy atom. The zero-order valence-corrected chi connectivity index (χ0v) is 12.0. The third kappa shape index (κ3) is 2.42. The average molecular weight is 293 g/mol. The highest BCUT2D eigenvalue weighted by Gasteiger charge is 2.19. The summed E-state index contributed by atoms with van der Waals surface area (Å²) in [5.41, 5.74) is 9.51. The minimum absolute atomic E-state index is 0.326. The Labute approximate surface area is 127 Å². The molecular formula is C16H15N5O. The molecule has 0 saturated carbocycles. The molecule has 0 unspecified atom stereocenters. The zero-order chi connectivity index (χ0) is 15.5. The van der Waals surface area contributed by atoms with Crippen molar-refractivity contribution in [1.29, 1.82) is 0 Å². The van der Waals surface area contributed by atoms with Crippen LogP contribution in [0, 0.1) is 0 Å². The van der Waals surface area contributed by atoms with E-state index in [1.54, 1.807) is 7.05 Å². The summed E-state index contributed by atoms with van der Waals surface area (Å²) in [7, 11) is 1.62. The molecule has 0 aliphatic heterocycles. The summed E-state index contributed by atoms with van der Waals surface area (Å²) in [6.45, 7) is 0. The van der Waals surface area contributed by atoms with Gasteiger partial charge >= 0.3 is 0 Å². The van der Waals surface area contributed by atoms with E-state index in [1.807, 2.05) is 42.5 Å². The van der Waals surface area contributed by atoms with Crippen LogP contribution in [-0.2, 0) is 0 Å². The number of hydrogen-bond donors (Lipinski definition) is 3. The summed E-state index contributed by atoms with van der Waals surface area (Å²) in [6.07, 6.45) is 1.53. The van der Waals surface area contributed by atoms with Gasteiger partial charge in [0.1, 0.15) is 5.69 Å². The SMILES string of the molecule is CN=Cc1[nH]nc(-c2ccc(-c3ccccc3)[nH]2)c1C(N)=O. The van der Waals surface area contributed by atoms with Gasteiger partial charge in [0.2, 0.25) is 0 Å². The van der Waals surface area contributed by atoms with Crippen LogP contribution in [0.1, 0.15) is 16.1 Å². The number of carbonyl (C=O) groups excluding carboxylic acids is 1. The quantitative estimate of drug-likeness (QED) is 0.642. The summed E-state index contributed by atoms with van der Waals surface area (Å²) in [5, 5.41) is 6.97. The molecular weight excluding hydrogens is 278 g/mol. The predicted molar refractivity (Wildman–Crippen MR) is 85.8 cm³/mol. The third-order valence-corrected chi connectivity index (χ3v) is 3.32. The van der Waals surface area contributed by atoms with E-state index in [1.165, 1.54) is 6.21 Å². The van der Waals surface area contributed by atoms with Gasteiger partial charge in [0.05, 0.1) is 17.0 Å². The van der Waals surface area contributed by atoms with Crippen LogP contribution in [0.5, 0.6) is 0 Å². The first-order valence-electron chi connectivity index (χ1n) is 6.76. The highest BCUT2D eigenvalue weighted by molar-refractivity contribution is 6.05. The lowest BCUT2D eigenvalue weighted by atomic mass is 10.1. The molecule has 0 fully saturated rings. The standard InChI is InChI=1S/C16H15N5O/c1-18-9-13-14(16(17)22)15(21-20-13)12-8-7-11(19-12)10-5-3-2-4-6-10/h2-9,19H,1H3,(H2,17,22)(H,20,21). The number of primary amides is 1. The molecule has 22 heavy (non-hydrogen) atoms. The normalized spacial score (nSPS) is 11.1. The fourth-order valence-corrected chi connectivity index (χ4v) is 2.34. The lowest BCUT2D eigenvalue weighted by molar-refractivity contribution is 0.100. The van der Waals surface area contributed by atoms with Crippen LogP contribution in [-0.4, -0.2) is 34.4 Å². The minimum atomic E-state index is -0.547. The Hall–Kier alpha value is -3.15. The van der Waals surface area contributed by atoms with Crippen molar-refractivity contribution in [3.63, 3.8) is 0 Å². The van der Waals surface area contributed by atoms with Gasteiger partial charge in [-0.25, -0.2) is 0 Å². The molecule has 110 valence electrons. The van der Waals surface area contributed by atoms with E-state index in [0.717, 1.165) is 17.0 Å². The van der Waals surface area contributed by atoms with Crippen LogP contribution in [0.4, 0.5) is 0 Å². The van der Waals surface area contributed by atoms with Crippen LogP contribution in [0.15, 0.2) is 47.5 Å². The van der Waals surface area contributed by atoms with Crippen LogP contribution >= 0.6 is 0 Å². The molecule has 0 aliphatic carbocycles. The fraction of sp³-hybridized carbons (Fsp3) is 0.0625. The number of rotatable bonds is 4. The molecule has 3 aromatic rings. The molecule has 2 heterocycles. The van der Waals surface area contributed by atoms with E-state index in [2.05, 4.69) is 20.2 Å². The Bertz CT molecular complexity index is 829. The smallest absolute Gasteiger partial charge is 0.253 e. The molecule has 0 saturated heterocycles. The van der Waals surface area contributed by atoms with Crippen molar-refractivity contribution in [3.8, 4) is 22.6 Å². The molecule has 1 amide bonds. The Balaban J connectivity index is 2.06. The number of nitrogens with one attached hydrogen (secondary N) is 2. The monoisotopic (exact) mass is 293 g/mol. The van der Waals surface area contributed by atoms with Gasteiger partial charge < -0.3 is 10.7 Å². The van der Waals surface area contributed by atoms with Crippen molar-refractivity contribution in [3.05, 3.63) is 53.7 Å². The summed E-state index contributed by atoms with van der Waals surface area (Å²) in [6, 6.07) is 13.7. The number of amides is 1. The molecule has 0 atom stereocenters. The number of nitrogens with two attached hydrogens (primary N) is 1. The fourth-order valence-electron chi connectivity index (χ4n) is 2.34. The lowest BCUT2D eigenvalue weighted by Crippen LogP contribution is -2.13. The number of carbonyl (C=O) groups is 1. The average Bonchev–Trinajstić information content (AvgIpc) is 3.15. The number of hydrogen-bond acceptors (Lipinski definition) is 3. The van der Waals surface area contributed by atoms with E-state index in [4.69, 9.17) is 5.73 Å². The van der Waals surface area contributed by atoms with E-state index in [0.29, 0.717) is 17.0 Å². The van der Waals surface area contributed by atoms with Crippen molar-refractivity contribution in [2.75, 3.05) is 7.05 Å². The Morgan fingerprint density at radius 3 is 2.59 bits per heavy atom. The van der Waals surface area contributed by atoms with E-state index in [9.17, 15) is 4.79 Å². The Kier molecular flexibility index (Phi) is 3.57. The third-order valence-electron chi connectivity index (χ3n) is 3.32. The number of benzene rings is 1. The molecule has 6 heteroatoms. The van der Waals surface area contributed by atoms with E-state index < -0.39 is 5.91 Å². The minimum Gasteiger partial charge on any atom is -0.365 e. The molecule has 0 spiro atoms. The van der Waals surface area contributed by atoms with Gasteiger partial charge in [-0.2, -0.15) is 5.10 Å². The molecule has 3 rings (SSSR count). The van der Waals surface area contributed by atoms with Crippen LogP contribution < -0.4 is 5.73 Å². The second-order valence-electron chi connectivity index (χ2n) is 4.76. The van der Waals surface area contributed by atoms with Gasteiger partial charge in [0.15, 0.2) is 0 Å². The molecule has 0 radical (unpaired) electrons. The highest BCUT2D eigenvalue weighted by Crippen LogP contribution is 2.26. The van der Waals surface area contributed by atoms with Crippen molar-refractivity contribution in [1.82, 2.24) is 15.2 Å². The first-order chi connectivity index (χ1) is 10.7. The number of H-pyrrole nitrogens is 2. The predicted octanol–water partition coefficient (Wildman–Crippen LogP) is 2.22. The maximum Gasteiger partial charge on any atom is 0.253 e. The summed E-state index contributed by atoms with van der Waals surface area (Å²) in [5.74, 6) is -0.547. The number of nitrogens with zero attached hydrogens (tertiary/aromatic N) is 2. The van der Waals surface area contributed by atoms with Crippen molar-refractivity contribution in [2.24, 2.45) is 10.7 Å². The number of aliphatic imine (C=N–C) groups is 1. The summed E-state index contributed by atoms with van der Waals surface area (Å²) < 4.78 is 0. The second-order valence-corrected chi connectivity index (χ2v) is 4.76. The molecule has 0 bridgehead atoms. The summed E-state index contributed by atoms with van der Waals surface area (Å²) >= 11 is 0. The first-order valence-corrected chi connectivity index (χ1v) is 6.76.